The summed E-state index contributed by atoms with van der Waals surface area (Å²) < 4.78 is 5.70. The third-order valence-corrected chi connectivity index (χ3v) is 3.13. The summed E-state index contributed by atoms with van der Waals surface area (Å²) in [5.41, 5.74) is 0.998. The molecule has 5 heteroatoms. The molecule has 0 saturated carbocycles. The maximum atomic E-state index is 10.9. The molecule has 0 aromatic heterocycles. The Labute approximate surface area is 105 Å². The highest BCUT2D eigenvalue weighted by molar-refractivity contribution is 6.30. The molecular weight excluding hydrogens is 242 g/mol. The van der Waals surface area contributed by atoms with Gasteiger partial charge in [0, 0.05) is 11.6 Å². The van der Waals surface area contributed by atoms with Gasteiger partial charge in [-0.3, -0.25) is 10.1 Å². The summed E-state index contributed by atoms with van der Waals surface area (Å²) in [6.07, 6.45) is -0.486. The van der Waals surface area contributed by atoms with Gasteiger partial charge in [-0.2, -0.15) is 0 Å². The molecule has 0 radical (unpaired) electrons. The molecule has 3 unspecified atom stereocenters. The normalized spacial score (nSPS) is 28.9. The lowest BCUT2D eigenvalue weighted by molar-refractivity contribution is -0.149. The molecule has 1 fully saturated rings. The average Bonchev–Trinajstić information content (AvgIpc) is 2.29. The molecule has 0 spiro atoms. The maximum absolute atomic E-state index is 10.9. The minimum atomic E-state index is -0.882. The van der Waals surface area contributed by atoms with Crippen LogP contribution in [0, 0.1) is 0 Å². The average molecular weight is 256 g/mol. The molecule has 92 valence electrons. The van der Waals surface area contributed by atoms with Gasteiger partial charge in [0.25, 0.3) is 0 Å². The van der Waals surface area contributed by atoms with Crippen LogP contribution in [0.2, 0.25) is 5.02 Å². The molecule has 1 aromatic carbocycles. The van der Waals surface area contributed by atoms with Gasteiger partial charge in [0.15, 0.2) is 0 Å². The van der Waals surface area contributed by atoms with Crippen molar-refractivity contribution in [3.63, 3.8) is 0 Å². The van der Waals surface area contributed by atoms with E-state index in [0.717, 1.165) is 5.56 Å². The lowest BCUT2D eigenvalue weighted by Crippen LogP contribution is -2.52. The minimum Gasteiger partial charge on any atom is -0.480 e. The number of hydrogen-bond acceptors (Lipinski definition) is 3. The predicted molar refractivity (Wildman–Crippen MR) is 64.2 cm³/mol. The van der Waals surface area contributed by atoms with E-state index in [-0.39, 0.29) is 12.2 Å². The van der Waals surface area contributed by atoms with Crippen LogP contribution in [0.3, 0.4) is 0 Å². The predicted octanol–water partition coefficient (Wildman–Crippen LogP) is 1.84. The zero-order valence-corrected chi connectivity index (χ0v) is 10.1. The van der Waals surface area contributed by atoms with Crippen molar-refractivity contribution in [2.75, 3.05) is 6.54 Å². The fourth-order valence-electron chi connectivity index (χ4n) is 1.95. The third-order valence-electron chi connectivity index (χ3n) is 2.88. The molecular formula is C12H14ClNO3. The first kappa shape index (κ1) is 12.4. The number of carboxylic acids is 1. The second kappa shape index (κ2) is 5.04. The lowest BCUT2D eigenvalue weighted by atomic mass is 10.0. The Hall–Kier alpha value is -1.10. The van der Waals surface area contributed by atoms with Gasteiger partial charge in [-0.25, -0.2) is 0 Å². The van der Waals surface area contributed by atoms with E-state index < -0.39 is 12.0 Å². The largest absolute Gasteiger partial charge is 0.480 e. The highest BCUT2D eigenvalue weighted by atomic mass is 35.5. The smallest absolute Gasteiger partial charge is 0.323 e. The first-order valence-corrected chi connectivity index (χ1v) is 5.83. The molecule has 1 saturated heterocycles. The molecule has 4 nitrogen and oxygen atoms in total. The van der Waals surface area contributed by atoms with Gasteiger partial charge in [-0.1, -0.05) is 23.7 Å². The van der Waals surface area contributed by atoms with E-state index in [9.17, 15) is 4.79 Å². The topological polar surface area (TPSA) is 58.6 Å². The lowest BCUT2D eigenvalue weighted by Gasteiger charge is -2.33. The van der Waals surface area contributed by atoms with Crippen LogP contribution >= 0.6 is 11.6 Å². The van der Waals surface area contributed by atoms with Gasteiger partial charge >= 0.3 is 5.97 Å². The molecule has 0 bridgehead atoms. The zero-order valence-electron chi connectivity index (χ0n) is 9.39. The van der Waals surface area contributed by atoms with Gasteiger partial charge in [-0.05, 0) is 24.6 Å². The molecule has 1 aliphatic rings. The Kier molecular flexibility index (Phi) is 3.66. The molecule has 17 heavy (non-hydrogen) atoms. The van der Waals surface area contributed by atoms with Crippen molar-refractivity contribution in [1.29, 1.82) is 0 Å². The van der Waals surface area contributed by atoms with Crippen molar-refractivity contribution in [2.24, 2.45) is 0 Å². The number of aliphatic carboxylic acids is 1. The Balaban J connectivity index is 2.06. The Morgan fingerprint density at radius 1 is 1.47 bits per heavy atom. The number of ether oxygens (including phenoxy) is 1. The van der Waals surface area contributed by atoms with Crippen molar-refractivity contribution in [2.45, 2.75) is 25.2 Å². The third kappa shape index (κ3) is 2.77. The Morgan fingerprint density at radius 3 is 2.65 bits per heavy atom. The van der Waals surface area contributed by atoms with Crippen LogP contribution in [-0.2, 0) is 9.53 Å². The molecule has 0 amide bonds. The molecule has 0 aliphatic carbocycles. The number of carbonyl (C=O) groups is 1. The molecule has 3 atom stereocenters. The summed E-state index contributed by atoms with van der Waals surface area (Å²) in [7, 11) is 0. The van der Waals surface area contributed by atoms with Crippen molar-refractivity contribution in [3.8, 4) is 0 Å². The molecule has 2 N–H and O–H groups in total. The second-order valence-electron chi connectivity index (χ2n) is 4.11. The molecule has 1 heterocycles. The fourth-order valence-corrected chi connectivity index (χ4v) is 2.07. The fraction of sp³-hybridized carbons (Fsp3) is 0.417. The minimum absolute atomic E-state index is 0.127. The second-order valence-corrected chi connectivity index (χ2v) is 4.54. The number of rotatable bonds is 2. The van der Waals surface area contributed by atoms with E-state index >= 15 is 0 Å². The Bertz CT molecular complexity index is 407. The number of benzene rings is 1. The van der Waals surface area contributed by atoms with Crippen LogP contribution in [0.15, 0.2) is 24.3 Å². The summed E-state index contributed by atoms with van der Waals surface area (Å²) in [6.45, 7) is 2.25. The van der Waals surface area contributed by atoms with Crippen molar-refractivity contribution >= 4 is 17.6 Å². The molecule has 1 aliphatic heterocycles. The molecule has 2 rings (SSSR count). The summed E-state index contributed by atoms with van der Waals surface area (Å²) in [5.74, 6) is -0.882. The number of nitrogens with one attached hydrogen (secondary N) is 1. The van der Waals surface area contributed by atoms with Gasteiger partial charge < -0.3 is 9.84 Å². The van der Waals surface area contributed by atoms with Gasteiger partial charge in [0.2, 0.25) is 0 Å². The van der Waals surface area contributed by atoms with Gasteiger partial charge in [0.05, 0.1) is 12.2 Å². The van der Waals surface area contributed by atoms with E-state index in [2.05, 4.69) is 5.32 Å². The molecule has 1 aromatic rings. The summed E-state index contributed by atoms with van der Waals surface area (Å²) in [5, 5.41) is 12.6. The highest BCUT2D eigenvalue weighted by Crippen LogP contribution is 2.24. The van der Waals surface area contributed by atoms with E-state index in [1.807, 2.05) is 12.1 Å². The first-order valence-electron chi connectivity index (χ1n) is 5.45. The van der Waals surface area contributed by atoms with Crippen LogP contribution < -0.4 is 5.32 Å². The van der Waals surface area contributed by atoms with Crippen molar-refractivity contribution in [3.05, 3.63) is 34.9 Å². The van der Waals surface area contributed by atoms with Crippen molar-refractivity contribution < 1.29 is 14.6 Å². The first-order chi connectivity index (χ1) is 8.08. The Morgan fingerprint density at radius 2 is 2.12 bits per heavy atom. The SMILES string of the molecule is CC1OC(c2ccc(Cl)cc2)CNC1C(=O)O. The van der Waals surface area contributed by atoms with Crippen LogP contribution in [0.4, 0.5) is 0 Å². The highest BCUT2D eigenvalue weighted by Gasteiger charge is 2.33. The number of halogens is 1. The van der Waals surface area contributed by atoms with Crippen molar-refractivity contribution in [1.82, 2.24) is 5.32 Å². The van der Waals surface area contributed by atoms with E-state index in [1.54, 1.807) is 19.1 Å². The summed E-state index contributed by atoms with van der Waals surface area (Å²) in [4.78, 5) is 10.9. The summed E-state index contributed by atoms with van der Waals surface area (Å²) in [6, 6.07) is 6.74. The van der Waals surface area contributed by atoms with E-state index in [4.69, 9.17) is 21.4 Å². The number of hydrogen-bond donors (Lipinski definition) is 2. The standard InChI is InChI=1S/C12H14ClNO3/c1-7-11(12(15)16)14-6-10(17-7)8-2-4-9(13)5-3-8/h2-5,7,10-11,14H,6H2,1H3,(H,15,16). The zero-order chi connectivity index (χ0) is 12.4. The maximum Gasteiger partial charge on any atom is 0.323 e. The van der Waals surface area contributed by atoms with E-state index in [0.29, 0.717) is 11.6 Å². The number of morpholine rings is 1. The monoisotopic (exact) mass is 255 g/mol. The van der Waals surface area contributed by atoms with Crippen LogP contribution in [0.25, 0.3) is 0 Å². The van der Waals surface area contributed by atoms with E-state index in [1.165, 1.54) is 0 Å². The van der Waals surface area contributed by atoms with Crippen LogP contribution in [0.5, 0.6) is 0 Å². The van der Waals surface area contributed by atoms with Crippen LogP contribution in [-0.4, -0.2) is 29.8 Å². The van der Waals surface area contributed by atoms with Gasteiger partial charge in [0.1, 0.15) is 6.04 Å². The van der Waals surface area contributed by atoms with Crippen LogP contribution in [0.1, 0.15) is 18.6 Å². The summed E-state index contributed by atoms with van der Waals surface area (Å²) >= 11 is 5.81. The number of carboxylic acid groups (broad SMARTS) is 1. The van der Waals surface area contributed by atoms with Gasteiger partial charge in [-0.15, -0.1) is 0 Å². The quantitative estimate of drug-likeness (QED) is 0.847.